The predicted octanol–water partition coefficient (Wildman–Crippen LogP) is 2.49. The molecule has 0 bridgehead atoms. The maximum Gasteiger partial charge on any atom is 0.323 e. The van der Waals surface area contributed by atoms with Crippen molar-refractivity contribution in [2.24, 2.45) is 0 Å². The van der Waals surface area contributed by atoms with Gasteiger partial charge in [-0.2, -0.15) is 0 Å². The summed E-state index contributed by atoms with van der Waals surface area (Å²) < 4.78 is 0. The van der Waals surface area contributed by atoms with E-state index in [1.807, 2.05) is 27.7 Å². The summed E-state index contributed by atoms with van der Waals surface area (Å²) in [5.41, 5.74) is 0.203. The summed E-state index contributed by atoms with van der Waals surface area (Å²) in [6.07, 6.45) is 1.14. The van der Waals surface area contributed by atoms with Crippen molar-refractivity contribution in [3.63, 3.8) is 0 Å². The second-order valence-electron chi connectivity index (χ2n) is 4.20. The fraction of sp³-hybridized carbons (Fsp3) is 0.667. The van der Waals surface area contributed by atoms with Gasteiger partial charge in [0.05, 0.1) is 5.69 Å². The van der Waals surface area contributed by atoms with E-state index in [1.165, 1.54) is 4.88 Å². The largest absolute Gasteiger partial charge is 0.480 e. The molecule has 1 heterocycles. The van der Waals surface area contributed by atoms with Crippen LogP contribution in [0, 0.1) is 13.8 Å². The molecule has 0 saturated carbocycles. The lowest BCUT2D eigenvalue weighted by Gasteiger charge is -2.27. The standard InChI is InChI=1S/C12H20N2O2S/c1-5-12(6-2,11(15)16)13-7-10-14-8(3)9(4)17-10/h13H,5-7H2,1-4H3,(H,15,16). The van der Waals surface area contributed by atoms with E-state index in [9.17, 15) is 9.90 Å². The van der Waals surface area contributed by atoms with Gasteiger partial charge in [-0.15, -0.1) is 11.3 Å². The van der Waals surface area contributed by atoms with Crippen molar-refractivity contribution < 1.29 is 9.90 Å². The van der Waals surface area contributed by atoms with Crippen molar-refractivity contribution in [3.05, 3.63) is 15.6 Å². The number of hydrogen-bond acceptors (Lipinski definition) is 4. The molecular formula is C12H20N2O2S. The molecule has 0 fully saturated rings. The van der Waals surface area contributed by atoms with Crippen molar-refractivity contribution in [2.75, 3.05) is 0 Å². The van der Waals surface area contributed by atoms with Gasteiger partial charge in [0, 0.05) is 11.4 Å². The van der Waals surface area contributed by atoms with Gasteiger partial charge in [0.15, 0.2) is 0 Å². The van der Waals surface area contributed by atoms with E-state index in [0.717, 1.165) is 10.7 Å². The molecule has 0 spiro atoms. The monoisotopic (exact) mass is 256 g/mol. The van der Waals surface area contributed by atoms with E-state index in [4.69, 9.17) is 0 Å². The topological polar surface area (TPSA) is 62.2 Å². The van der Waals surface area contributed by atoms with Crippen LogP contribution in [0.4, 0.5) is 0 Å². The fourth-order valence-electron chi connectivity index (χ4n) is 1.74. The minimum atomic E-state index is -0.826. The number of nitrogens with one attached hydrogen (secondary N) is 1. The fourth-order valence-corrected chi connectivity index (χ4v) is 2.61. The Balaban J connectivity index is 2.73. The molecule has 1 aromatic rings. The highest BCUT2D eigenvalue weighted by Crippen LogP contribution is 2.20. The Morgan fingerprint density at radius 3 is 2.35 bits per heavy atom. The summed E-state index contributed by atoms with van der Waals surface area (Å²) in [4.78, 5) is 16.9. The second-order valence-corrected chi connectivity index (χ2v) is 5.48. The Morgan fingerprint density at radius 2 is 2.00 bits per heavy atom. The van der Waals surface area contributed by atoms with Gasteiger partial charge < -0.3 is 5.11 Å². The number of aliphatic carboxylic acids is 1. The number of hydrogen-bond donors (Lipinski definition) is 2. The number of carboxylic acid groups (broad SMARTS) is 1. The van der Waals surface area contributed by atoms with Gasteiger partial charge in [-0.25, -0.2) is 4.98 Å². The van der Waals surface area contributed by atoms with Crippen LogP contribution in [0.2, 0.25) is 0 Å². The molecule has 0 unspecified atom stereocenters. The highest BCUT2D eigenvalue weighted by atomic mass is 32.1. The lowest BCUT2D eigenvalue weighted by molar-refractivity contribution is -0.145. The van der Waals surface area contributed by atoms with E-state index in [0.29, 0.717) is 19.4 Å². The third-order valence-corrected chi connectivity index (χ3v) is 4.34. The molecule has 96 valence electrons. The summed E-state index contributed by atoms with van der Waals surface area (Å²) >= 11 is 1.62. The molecular weight excluding hydrogens is 236 g/mol. The van der Waals surface area contributed by atoms with E-state index in [2.05, 4.69) is 10.3 Å². The van der Waals surface area contributed by atoms with Crippen LogP contribution in [0.15, 0.2) is 0 Å². The minimum absolute atomic E-state index is 0.521. The first-order chi connectivity index (χ1) is 7.95. The number of aryl methyl sites for hydroxylation is 2. The van der Waals surface area contributed by atoms with Crippen molar-refractivity contribution in [3.8, 4) is 0 Å². The predicted molar refractivity (Wildman–Crippen MR) is 69.4 cm³/mol. The van der Waals surface area contributed by atoms with Gasteiger partial charge in [0.1, 0.15) is 10.5 Å². The summed E-state index contributed by atoms with van der Waals surface area (Å²) in [5, 5.41) is 13.4. The van der Waals surface area contributed by atoms with Crippen molar-refractivity contribution in [1.29, 1.82) is 0 Å². The first kappa shape index (κ1) is 14.1. The smallest absolute Gasteiger partial charge is 0.323 e. The number of carboxylic acids is 1. The van der Waals surface area contributed by atoms with Crippen LogP contribution in [-0.2, 0) is 11.3 Å². The zero-order valence-electron chi connectivity index (χ0n) is 10.8. The molecule has 4 nitrogen and oxygen atoms in total. The molecule has 17 heavy (non-hydrogen) atoms. The van der Waals surface area contributed by atoms with Gasteiger partial charge >= 0.3 is 5.97 Å². The highest BCUT2D eigenvalue weighted by molar-refractivity contribution is 7.11. The van der Waals surface area contributed by atoms with Crippen LogP contribution in [0.25, 0.3) is 0 Å². The van der Waals surface area contributed by atoms with E-state index in [-0.39, 0.29) is 0 Å². The molecule has 0 aliphatic rings. The van der Waals surface area contributed by atoms with Crippen molar-refractivity contribution in [1.82, 2.24) is 10.3 Å². The van der Waals surface area contributed by atoms with Crippen LogP contribution < -0.4 is 5.32 Å². The van der Waals surface area contributed by atoms with Gasteiger partial charge in [-0.1, -0.05) is 13.8 Å². The number of carbonyl (C=O) groups is 1. The van der Waals surface area contributed by atoms with Gasteiger partial charge in [-0.3, -0.25) is 10.1 Å². The molecule has 0 radical (unpaired) electrons. The number of thiazole rings is 1. The zero-order valence-corrected chi connectivity index (χ0v) is 11.6. The average Bonchev–Trinajstić information content (AvgIpc) is 2.60. The summed E-state index contributed by atoms with van der Waals surface area (Å²) in [6, 6.07) is 0. The third kappa shape index (κ3) is 3.04. The number of nitrogens with zero attached hydrogens (tertiary/aromatic N) is 1. The molecule has 1 aromatic heterocycles. The molecule has 0 atom stereocenters. The Bertz CT molecular complexity index is 378. The summed E-state index contributed by atoms with van der Waals surface area (Å²) in [6.45, 7) is 8.30. The quantitative estimate of drug-likeness (QED) is 0.821. The van der Waals surface area contributed by atoms with E-state index < -0.39 is 11.5 Å². The normalized spacial score (nSPS) is 11.8. The summed E-state index contributed by atoms with van der Waals surface area (Å²) in [7, 11) is 0. The van der Waals surface area contributed by atoms with Crippen molar-refractivity contribution in [2.45, 2.75) is 52.6 Å². The highest BCUT2D eigenvalue weighted by Gasteiger charge is 2.34. The SMILES string of the molecule is CCC(CC)(NCc1nc(C)c(C)s1)C(=O)O. The van der Waals surface area contributed by atoms with Crippen LogP contribution in [0.3, 0.4) is 0 Å². The molecule has 0 saturated heterocycles. The van der Waals surface area contributed by atoms with Crippen molar-refractivity contribution >= 4 is 17.3 Å². The van der Waals surface area contributed by atoms with Crippen LogP contribution in [0.5, 0.6) is 0 Å². The van der Waals surface area contributed by atoms with Gasteiger partial charge in [-0.05, 0) is 26.7 Å². The van der Waals surface area contributed by atoms with Crippen LogP contribution in [-0.4, -0.2) is 21.6 Å². The second kappa shape index (κ2) is 5.60. The van der Waals surface area contributed by atoms with Crippen LogP contribution >= 0.6 is 11.3 Å². The molecule has 1 rings (SSSR count). The molecule has 0 aliphatic heterocycles. The Kier molecular flexibility index (Phi) is 4.65. The molecule has 0 aromatic carbocycles. The minimum Gasteiger partial charge on any atom is -0.480 e. The average molecular weight is 256 g/mol. The summed E-state index contributed by atoms with van der Waals surface area (Å²) in [5.74, 6) is -0.785. The first-order valence-corrected chi connectivity index (χ1v) is 6.68. The number of rotatable bonds is 6. The number of aromatic nitrogens is 1. The Morgan fingerprint density at radius 1 is 1.41 bits per heavy atom. The first-order valence-electron chi connectivity index (χ1n) is 5.86. The molecule has 0 amide bonds. The molecule has 0 aliphatic carbocycles. The lowest BCUT2D eigenvalue weighted by atomic mass is 9.93. The lowest BCUT2D eigenvalue weighted by Crippen LogP contribution is -2.50. The third-order valence-electron chi connectivity index (χ3n) is 3.27. The van der Waals surface area contributed by atoms with E-state index >= 15 is 0 Å². The van der Waals surface area contributed by atoms with Gasteiger partial charge in [0.2, 0.25) is 0 Å². The molecule has 2 N–H and O–H groups in total. The Hall–Kier alpha value is -0.940. The van der Waals surface area contributed by atoms with Crippen LogP contribution in [0.1, 0.15) is 42.3 Å². The zero-order chi connectivity index (χ0) is 13.1. The maximum absolute atomic E-state index is 11.3. The Labute approximate surface area is 106 Å². The molecule has 5 heteroatoms. The van der Waals surface area contributed by atoms with Gasteiger partial charge in [0.25, 0.3) is 0 Å². The van der Waals surface area contributed by atoms with E-state index in [1.54, 1.807) is 11.3 Å². The maximum atomic E-state index is 11.3.